The molecule has 5 heteroatoms. The Bertz CT molecular complexity index is 287. The number of piperidine rings is 1. The number of likely N-dealkylation sites (tertiary alicyclic amines) is 2. The van der Waals surface area contributed by atoms with Gasteiger partial charge >= 0.3 is 12.0 Å². The lowest BCUT2D eigenvalue weighted by molar-refractivity contribution is -0.141. The summed E-state index contributed by atoms with van der Waals surface area (Å²) in [5.41, 5.74) is 0. The molecule has 16 heavy (non-hydrogen) atoms. The van der Waals surface area contributed by atoms with Crippen molar-refractivity contribution in [1.82, 2.24) is 9.80 Å². The van der Waals surface area contributed by atoms with Gasteiger partial charge in [-0.15, -0.1) is 0 Å². The molecule has 2 heterocycles. The van der Waals surface area contributed by atoms with Gasteiger partial charge in [0.1, 0.15) is 6.04 Å². The number of carbonyl (C=O) groups excluding carboxylic acids is 1. The zero-order chi connectivity index (χ0) is 11.5. The maximum absolute atomic E-state index is 12.1. The van der Waals surface area contributed by atoms with Crippen LogP contribution in [0.1, 0.15) is 32.1 Å². The van der Waals surface area contributed by atoms with Crippen LogP contribution in [0.2, 0.25) is 0 Å². The maximum Gasteiger partial charge on any atom is 0.326 e. The second-order valence-corrected chi connectivity index (χ2v) is 4.52. The fourth-order valence-corrected chi connectivity index (χ4v) is 2.52. The van der Waals surface area contributed by atoms with Crippen LogP contribution in [0.4, 0.5) is 4.79 Å². The van der Waals surface area contributed by atoms with Crippen LogP contribution in [0, 0.1) is 0 Å². The summed E-state index contributed by atoms with van der Waals surface area (Å²) in [6.07, 6.45) is 4.65. The molecule has 0 spiro atoms. The van der Waals surface area contributed by atoms with E-state index in [1.165, 1.54) is 11.3 Å². The number of amides is 2. The Balaban J connectivity index is 1.99. The summed E-state index contributed by atoms with van der Waals surface area (Å²) in [5, 5.41) is 9.02. The summed E-state index contributed by atoms with van der Waals surface area (Å²) in [6, 6.07) is -0.681. The molecule has 0 aromatic carbocycles. The van der Waals surface area contributed by atoms with Crippen LogP contribution < -0.4 is 0 Å². The molecule has 0 saturated carbocycles. The molecule has 2 aliphatic heterocycles. The molecule has 2 rings (SSSR count). The topological polar surface area (TPSA) is 60.9 Å². The molecule has 2 amide bonds. The fourth-order valence-electron chi connectivity index (χ4n) is 2.52. The Kier molecular flexibility index (Phi) is 3.31. The molecule has 5 nitrogen and oxygen atoms in total. The molecule has 0 aromatic heterocycles. The van der Waals surface area contributed by atoms with E-state index >= 15 is 0 Å². The van der Waals surface area contributed by atoms with E-state index in [2.05, 4.69) is 0 Å². The first-order chi connectivity index (χ1) is 7.70. The minimum atomic E-state index is -0.872. The van der Waals surface area contributed by atoms with Crippen molar-refractivity contribution in [2.24, 2.45) is 0 Å². The van der Waals surface area contributed by atoms with E-state index in [9.17, 15) is 9.59 Å². The molecule has 90 valence electrons. The molecular weight excluding hydrogens is 208 g/mol. The molecular formula is C11H18N2O3. The summed E-state index contributed by atoms with van der Waals surface area (Å²) >= 11 is 0. The van der Waals surface area contributed by atoms with Crippen molar-refractivity contribution in [3.8, 4) is 0 Å². The van der Waals surface area contributed by atoms with Gasteiger partial charge in [-0.05, 0) is 32.1 Å². The largest absolute Gasteiger partial charge is 0.480 e. The number of nitrogens with zero attached hydrogens (tertiary/aromatic N) is 2. The summed E-state index contributed by atoms with van der Waals surface area (Å²) in [6.45, 7) is 2.15. The molecule has 2 aliphatic rings. The van der Waals surface area contributed by atoms with Crippen LogP contribution in [-0.2, 0) is 4.79 Å². The van der Waals surface area contributed by atoms with Gasteiger partial charge in [-0.2, -0.15) is 0 Å². The van der Waals surface area contributed by atoms with E-state index in [4.69, 9.17) is 5.11 Å². The average molecular weight is 226 g/mol. The minimum Gasteiger partial charge on any atom is -0.480 e. The van der Waals surface area contributed by atoms with E-state index in [0.29, 0.717) is 13.0 Å². The predicted octanol–water partition coefficient (Wildman–Crippen LogP) is 1.14. The Morgan fingerprint density at radius 3 is 2.31 bits per heavy atom. The molecule has 0 aromatic rings. The van der Waals surface area contributed by atoms with Crippen LogP contribution >= 0.6 is 0 Å². The van der Waals surface area contributed by atoms with Crippen molar-refractivity contribution in [3.63, 3.8) is 0 Å². The van der Waals surface area contributed by atoms with Crippen LogP contribution in [0.5, 0.6) is 0 Å². The van der Waals surface area contributed by atoms with Crippen molar-refractivity contribution in [2.45, 2.75) is 38.1 Å². The molecule has 2 saturated heterocycles. The van der Waals surface area contributed by atoms with Crippen molar-refractivity contribution >= 4 is 12.0 Å². The van der Waals surface area contributed by atoms with Crippen molar-refractivity contribution in [1.29, 1.82) is 0 Å². The molecule has 1 N–H and O–H groups in total. The lowest BCUT2D eigenvalue weighted by Gasteiger charge is -2.32. The number of hydrogen-bond acceptors (Lipinski definition) is 2. The van der Waals surface area contributed by atoms with Gasteiger partial charge in [0.15, 0.2) is 0 Å². The third-order valence-electron chi connectivity index (χ3n) is 3.41. The Morgan fingerprint density at radius 1 is 1.00 bits per heavy atom. The first-order valence-electron chi connectivity index (χ1n) is 5.98. The highest BCUT2D eigenvalue weighted by Crippen LogP contribution is 2.21. The second-order valence-electron chi connectivity index (χ2n) is 4.52. The van der Waals surface area contributed by atoms with Crippen molar-refractivity contribution in [3.05, 3.63) is 0 Å². The van der Waals surface area contributed by atoms with Gasteiger partial charge in [0.05, 0.1) is 0 Å². The quantitative estimate of drug-likeness (QED) is 0.729. The number of urea groups is 1. The first kappa shape index (κ1) is 11.2. The second kappa shape index (κ2) is 4.72. The Morgan fingerprint density at radius 2 is 1.69 bits per heavy atom. The van der Waals surface area contributed by atoms with E-state index in [1.807, 2.05) is 0 Å². The summed E-state index contributed by atoms with van der Waals surface area (Å²) in [5.74, 6) is -0.872. The molecule has 1 atom stereocenters. The highest BCUT2D eigenvalue weighted by atomic mass is 16.4. The normalized spacial score (nSPS) is 25.9. The highest BCUT2D eigenvalue weighted by Gasteiger charge is 2.36. The van der Waals surface area contributed by atoms with E-state index in [1.54, 1.807) is 4.90 Å². The monoisotopic (exact) mass is 226 g/mol. The molecule has 0 radical (unpaired) electrons. The smallest absolute Gasteiger partial charge is 0.326 e. The SMILES string of the molecule is O=C(O)[C@H]1CCCN1C(=O)N1CCCCC1. The number of aliphatic carboxylic acids is 1. The number of carboxylic acids is 1. The van der Waals surface area contributed by atoms with Crippen LogP contribution in [0.25, 0.3) is 0 Å². The fraction of sp³-hybridized carbons (Fsp3) is 0.818. The zero-order valence-electron chi connectivity index (χ0n) is 9.39. The number of carbonyl (C=O) groups is 2. The lowest BCUT2D eigenvalue weighted by atomic mass is 10.1. The molecule has 2 fully saturated rings. The summed E-state index contributed by atoms with van der Waals surface area (Å²) < 4.78 is 0. The zero-order valence-corrected chi connectivity index (χ0v) is 9.39. The molecule has 0 unspecified atom stereocenters. The standard InChI is InChI=1S/C11H18N2O3/c14-10(15)9-5-4-8-13(9)11(16)12-6-2-1-3-7-12/h9H,1-8H2,(H,14,15)/t9-/m1/s1. The number of hydrogen-bond donors (Lipinski definition) is 1. The average Bonchev–Trinajstić information content (AvgIpc) is 2.78. The number of rotatable bonds is 1. The van der Waals surface area contributed by atoms with Gasteiger partial charge < -0.3 is 14.9 Å². The highest BCUT2D eigenvalue weighted by molar-refractivity contribution is 5.83. The van der Waals surface area contributed by atoms with Crippen LogP contribution in [0.15, 0.2) is 0 Å². The predicted molar refractivity (Wildman–Crippen MR) is 58.2 cm³/mol. The van der Waals surface area contributed by atoms with Gasteiger partial charge in [-0.3, -0.25) is 0 Å². The Hall–Kier alpha value is -1.26. The van der Waals surface area contributed by atoms with Gasteiger partial charge in [-0.1, -0.05) is 0 Å². The van der Waals surface area contributed by atoms with Crippen molar-refractivity contribution < 1.29 is 14.7 Å². The summed E-state index contributed by atoms with van der Waals surface area (Å²) in [7, 11) is 0. The van der Waals surface area contributed by atoms with Gasteiger partial charge in [-0.25, -0.2) is 9.59 Å². The van der Waals surface area contributed by atoms with Crippen molar-refractivity contribution in [2.75, 3.05) is 19.6 Å². The third-order valence-corrected chi connectivity index (χ3v) is 3.41. The van der Waals surface area contributed by atoms with E-state index in [-0.39, 0.29) is 6.03 Å². The summed E-state index contributed by atoms with van der Waals surface area (Å²) in [4.78, 5) is 26.4. The first-order valence-corrected chi connectivity index (χ1v) is 5.98. The number of carboxylic acid groups (broad SMARTS) is 1. The molecule has 0 aliphatic carbocycles. The van der Waals surface area contributed by atoms with Gasteiger partial charge in [0.25, 0.3) is 0 Å². The maximum atomic E-state index is 12.1. The third kappa shape index (κ3) is 2.13. The minimum absolute atomic E-state index is 0.0791. The van der Waals surface area contributed by atoms with E-state index in [0.717, 1.165) is 32.4 Å². The van der Waals surface area contributed by atoms with Gasteiger partial charge in [0.2, 0.25) is 0 Å². The lowest BCUT2D eigenvalue weighted by Crippen LogP contribution is -2.49. The van der Waals surface area contributed by atoms with Gasteiger partial charge in [0, 0.05) is 19.6 Å². The van der Waals surface area contributed by atoms with Crippen LogP contribution in [0.3, 0.4) is 0 Å². The Labute approximate surface area is 95.0 Å². The van der Waals surface area contributed by atoms with E-state index < -0.39 is 12.0 Å². The molecule has 0 bridgehead atoms. The van der Waals surface area contributed by atoms with Crippen LogP contribution in [-0.4, -0.2) is 52.6 Å².